The number of amides is 1. The first-order chi connectivity index (χ1) is 19.8. The van der Waals surface area contributed by atoms with Crippen molar-refractivity contribution in [3.8, 4) is 23.0 Å². The molecule has 1 aliphatic rings. The summed E-state index contributed by atoms with van der Waals surface area (Å²) in [5.74, 6) is 2.03. The molecule has 1 aromatic heterocycles. The molecule has 1 atom stereocenters. The third-order valence-corrected chi connectivity index (χ3v) is 7.07. The van der Waals surface area contributed by atoms with Crippen molar-refractivity contribution < 1.29 is 23.7 Å². The lowest BCUT2D eigenvalue weighted by atomic mass is 9.94. The predicted octanol–water partition coefficient (Wildman–Crippen LogP) is 5.77. The highest BCUT2D eigenvalue weighted by atomic mass is 35.5. The van der Waals surface area contributed by atoms with E-state index >= 15 is 0 Å². The molecule has 0 radical (unpaired) electrons. The summed E-state index contributed by atoms with van der Waals surface area (Å²) < 4.78 is 24.2. The van der Waals surface area contributed by atoms with E-state index in [-0.39, 0.29) is 5.91 Å². The zero-order valence-corrected chi connectivity index (χ0v) is 24.1. The fourth-order valence-corrected chi connectivity index (χ4v) is 4.89. The standard InChI is InChI=1S/C30H30ClN5O5/c1-17-6-8-19(9-7-17)15-41-23-11-10-20(12-26(23)40-5)28-27(18(2)34-30-32-16-33-36(28)30)29(37)35-22-14-24(38-3)21(31)13-25(22)39-4/h6-14,16,28H,15H2,1-5H3,(H,35,37)(H,32,33,34)/t28-/m0/s1. The molecule has 11 heteroatoms. The Morgan fingerprint density at radius 1 is 0.951 bits per heavy atom. The Hall–Kier alpha value is -4.70. The van der Waals surface area contributed by atoms with E-state index in [9.17, 15) is 4.79 Å². The first-order valence-electron chi connectivity index (χ1n) is 12.8. The molecule has 0 fully saturated rings. The van der Waals surface area contributed by atoms with E-state index < -0.39 is 6.04 Å². The number of ether oxygens (including phenoxy) is 4. The minimum atomic E-state index is -0.617. The van der Waals surface area contributed by atoms with Gasteiger partial charge in [-0.15, -0.1) is 0 Å². The second kappa shape index (κ2) is 11.8. The van der Waals surface area contributed by atoms with Crippen molar-refractivity contribution in [1.29, 1.82) is 0 Å². The largest absolute Gasteiger partial charge is 0.495 e. The summed E-state index contributed by atoms with van der Waals surface area (Å²) in [6.45, 7) is 4.24. The van der Waals surface area contributed by atoms with Gasteiger partial charge >= 0.3 is 0 Å². The van der Waals surface area contributed by atoms with Gasteiger partial charge in [0.05, 0.1) is 37.6 Å². The maximum atomic E-state index is 13.9. The van der Waals surface area contributed by atoms with Crippen LogP contribution < -0.4 is 29.6 Å². The maximum Gasteiger partial charge on any atom is 0.255 e. The summed E-state index contributed by atoms with van der Waals surface area (Å²) in [7, 11) is 4.58. The molecule has 41 heavy (non-hydrogen) atoms. The summed E-state index contributed by atoms with van der Waals surface area (Å²) in [5, 5.41) is 10.9. The average Bonchev–Trinajstić information content (AvgIpc) is 3.44. The number of hydrogen-bond donors (Lipinski definition) is 2. The summed E-state index contributed by atoms with van der Waals surface area (Å²) in [5.41, 5.74) is 4.42. The van der Waals surface area contributed by atoms with Gasteiger partial charge in [0.1, 0.15) is 30.5 Å². The quantitative estimate of drug-likeness (QED) is 0.259. The van der Waals surface area contributed by atoms with Crippen LogP contribution in [0.1, 0.15) is 29.7 Å². The molecule has 0 aliphatic carbocycles. The second-order valence-corrected chi connectivity index (χ2v) is 9.83. The molecule has 212 valence electrons. The van der Waals surface area contributed by atoms with Gasteiger partial charge in [0, 0.05) is 17.8 Å². The van der Waals surface area contributed by atoms with Crippen molar-refractivity contribution >= 4 is 29.1 Å². The van der Waals surface area contributed by atoms with Crippen molar-refractivity contribution in [1.82, 2.24) is 14.8 Å². The van der Waals surface area contributed by atoms with E-state index in [1.807, 2.05) is 56.3 Å². The number of carbonyl (C=O) groups excluding carboxylic acids is 1. The zero-order chi connectivity index (χ0) is 29.1. The number of carbonyl (C=O) groups is 1. The van der Waals surface area contributed by atoms with E-state index in [2.05, 4.69) is 20.7 Å². The Kier molecular flexibility index (Phi) is 8.02. The minimum Gasteiger partial charge on any atom is -0.495 e. The molecule has 0 unspecified atom stereocenters. The number of rotatable bonds is 9. The lowest BCUT2D eigenvalue weighted by molar-refractivity contribution is -0.113. The van der Waals surface area contributed by atoms with Gasteiger partial charge in [0.15, 0.2) is 11.5 Å². The van der Waals surface area contributed by atoms with Gasteiger partial charge in [0.25, 0.3) is 5.91 Å². The predicted molar refractivity (Wildman–Crippen MR) is 156 cm³/mol. The average molecular weight is 576 g/mol. The Morgan fingerprint density at radius 2 is 1.68 bits per heavy atom. The Labute approximate surface area is 242 Å². The number of methoxy groups -OCH3 is 3. The molecule has 4 aromatic rings. The third kappa shape index (κ3) is 5.64. The highest BCUT2D eigenvalue weighted by Gasteiger charge is 2.34. The van der Waals surface area contributed by atoms with Crippen LogP contribution in [0.5, 0.6) is 23.0 Å². The molecule has 2 heterocycles. The number of aromatic nitrogens is 3. The molecule has 0 bridgehead atoms. The van der Waals surface area contributed by atoms with Gasteiger partial charge in [-0.25, -0.2) is 4.68 Å². The van der Waals surface area contributed by atoms with E-state index in [0.29, 0.717) is 57.5 Å². The van der Waals surface area contributed by atoms with Gasteiger partial charge in [0.2, 0.25) is 5.95 Å². The maximum absolute atomic E-state index is 13.9. The smallest absolute Gasteiger partial charge is 0.255 e. The Balaban J connectivity index is 1.49. The lowest BCUT2D eigenvalue weighted by Crippen LogP contribution is -2.31. The molecule has 1 aliphatic heterocycles. The van der Waals surface area contributed by atoms with Gasteiger partial charge in [-0.2, -0.15) is 10.1 Å². The molecular weight excluding hydrogens is 546 g/mol. The summed E-state index contributed by atoms with van der Waals surface area (Å²) in [4.78, 5) is 18.2. The summed E-state index contributed by atoms with van der Waals surface area (Å²) >= 11 is 6.26. The molecule has 2 N–H and O–H groups in total. The molecule has 10 nitrogen and oxygen atoms in total. The molecule has 0 saturated heterocycles. The highest BCUT2D eigenvalue weighted by Crippen LogP contribution is 2.40. The monoisotopic (exact) mass is 575 g/mol. The number of anilines is 2. The number of allylic oxidation sites excluding steroid dienone is 1. The van der Waals surface area contributed by atoms with E-state index in [0.717, 1.165) is 11.1 Å². The molecule has 0 saturated carbocycles. The van der Waals surface area contributed by atoms with E-state index in [1.54, 1.807) is 23.9 Å². The van der Waals surface area contributed by atoms with Crippen molar-refractivity contribution in [2.45, 2.75) is 26.5 Å². The number of hydrogen-bond acceptors (Lipinski definition) is 8. The topological polar surface area (TPSA) is 109 Å². The first-order valence-corrected chi connectivity index (χ1v) is 13.2. The highest BCUT2D eigenvalue weighted by molar-refractivity contribution is 6.32. The Morgan fingerprint density at radius 3 is 2.39 bits per heavy atom. The van der Waals surface area contributed by atoms with Crippen LogP contribution in [0.3, 0.4) is 0 Å². The third-order valence-electron chi connectivity index (χ3n) is 6.78. The van der Waals surface area contributed by atoms with Crippen molar-refractivity contribution in [2.75, 3.05) is 32.0 Å². The number of halogens is 1. The first kappa shape index (κ1) is 27.9. The van der Waals surface area contributed by atoms with E-state index in [4.69, 9.17) is 30.5 Å². The van der Waals surface area contributed by atoms with Crippen molar-refractivity contribution in [3.63, 3.8) is 0 Å². The van der Waals surface area contributed by atoms with Crippen LogP contribution in [0.15, 0.2) is 72.2 Å². The van der Waals surface area contributed by atoms with Crippen LogP contribution in [0.25, 0.3) is 0 Å². The Bertz CT molecular complexity index is 1620. The minimum absolute atomic E-state index is 0.360. The molecule has 1 amide bonds. The van der Waals surface area contributed by atoms with Gasteiger partial charge < -0.3 is 29.6 Å². The van der Waals surface area contributed by atoms with Gasteiger partial charge in [-0.3, -0.25) is 4.79 Å². The fraction of sp³-hybridized carbons (Fsp3) is 0.233. The fourth-order valence-electron chi connectivity index (χ4n) is 4.66. The lowest BCUT2D eigenvalue weighted by Gasteiger charge is -2.29. The number of benzene rings is 3. The van der Waals surface area contributed by atoms with Crippen molar-refractivity contribution in [3.05, 3.63) is 93.9 Å². The molecule has 3 aromatic carbocycles. The van der Waals surface area contributed by atoms with Gasteiger partial charge in [-0.05, 0) is 37.1 Å². The molecular formula is C30H30ClN5O5. The number of nitrogens with one attached hydrogen (secondary N) is 2. The summed E-state index contributed by atoms with van der Waals surface area (Å²) in [6, 6.07) is 16.3. The molecule has 5 rings (SSSR count). The molecule has 0 spiro atoms. The number of fused-ring (bicyclic) bond motifs is 1. The van der Waals surface area contributed by atoms with Crippen LogP contribution in [0.2, 0.25) is 5.02 Å². The normalized spacial score (nSPS) is 14.1. The zero-order valence-electron chi connectivity index (χ0n) is 23.3. The van der Waals surface area contributed by atoms with Crippen molar-refractivity contribution in [2.24, 2.45) is 0 Å². The second-order valence-electron chi connectivity index (χ2n) is 9.42. The van der Waals surface area contributed by atoms with Gasteiger partial charge in [-0.1, -0.05) is 47.5 Å². The van der Waals surface area contributed by atoms with Crippen LogP contribution in [0, 0.1) is 6.92 Å². The SMILES string of the molecule is COc1cc(NC(=O)C2=C(C)Nc3ncnn3[C@H]2c2ccc(OCc3ccc(C)cc3)c(OC)c2)c(OC)cc1Cl. The number of aryl methyl sites for hydroxylation is 1. The van der Waals surface area contributed by atoms with Crippen LogP contribution >= 0.6 is 11.6 Å². The van der Waals surface area contributed by atoms with E-state index in [1.165, 1.54) is 26.1 Å². The van der Waals surface area contributed by atoms with Crippen LogP contribution in [0.4, 0.5) is 11.6 Å². The van der Waals surface area contributed by atoms with Crippen LogP contribution in [-0.2, 0) is 11.4 Å². The van der Waals surface area contributed by atoms with Crippen LogP contribution in [-0.4, -0.2) is 42.0 Å². The number of nitrogens with zero attached hydrogens (tertiary/aromatic N) is 3. The summed E-state index contributed by atoms with van der Waals surface area (Å²) in [6.07, 6.45) is 1.44.